The number of fused-ring (bicyclic) bond motifs is 3. The van der Waals surface area contributed by atoms with E-state index < -0.39 is 0 Å². The number of aromatic nitrogens is 3. The molecule has 180 valence electrons. The van der Waals surface area contributed by atoms with Crippen molar-refractivity contribution in [3.8, 4) is 28.2 Å². The number of para-hydroxylation sites is 2. The van der Waals surface area contributed by atoms with Crippen molar-refractivity contribution in [1.29, 1.82) is 0 Å². The third-order valence-electron chi connectivity index (χ3n) is 7.04. The zero-order valence-corrected chi connectivity index (χ0v) is 20.8. The minimum absolute atomic E-state index is 0.728. The second-order valence-corrected chi connectivity index (χ2v) is 9.53. The molecule has 3 nitrogen and oxygen atoms in total. The third kappa shape index (κ3) is 4.04. The van der Waals surface area contributed by atoms with Crippen molar-refractivity contribution < 1.29 is 0 Å². The fraction of sp³-hybridized carbons (Fsp3) is 0.0286. The molecule has 3 aromatic heterocycles. The summed E-state index contributed by atoms with van der Waals surface area (Å²) in [5.74, 6) is 0. The summed E-state index contributed by atoms with van der Waals surface area (Å²) in [6.45, 7) is 0. The maximum absolute atomic E-state index is 4.96. The van der Waals surface area contributed by atoms with Crippen molar-refractivity contribution >= 4 is 21.8 Å². The van der Waals surface area contributed by atoms with Gasteiger partial charge < -0.3 is 4.57 Å². The summed E-state index contributed by atoms with van der Waals surface area (Å²) >= 11 is 0. The molecule has 0 aliphatic carbocycles. The van der Waals surface area contributed by atoms with Crippen molar-refractivity contribution in [3.05, 3.63) is 151 Å². The van der Waals surface area contributed by atoms with Crippen LogP contribution in [0.5, 0.6) is 0 Å². The highest BCUT2D eigenvalue weighted by Crippen LogP contribution is 2.34. The highest BCUT2D eigenvalue weighted by atomic mass is 15.0. The lowest BCUT2D eigenvalue weighted by Crippen LogP contribution is -1.99. The van der Waals surface area contributed by atoms with Crippen LogP contribution < -0.4 is 0 Å². The van der Waals surface area contributed by atoms with E-state index in [9.17, 15) is 0 Å². The molecule has 38 heavy (non-hydrogen) atoms. The van der Waals surface area contributed by atoms with Crippen molar-refractivity contribution in [2.45, 2.75) is 6.42 Å². The Kier molecular flexibility index (Phi) is 5.52. The van der Waals surface area contributed by atoms with Gasteiger partial charge in [0.25, 0.3) is 0 Å². The normalized spacial score (nSPS) is 11.3. The van der Waals surface area contributed by atoms with Gasteiger partial charge in [-0.1, -0.05) is 84.9 Å². The predicted molar refractivity (Wildman–Crippen MR) is 156 cm³/mol. The molecule has 0 spiro atoms. The average Bonchev–Trinajstić information content (AvgIpc) is 3.33. The first-order valence-electron chi connectivity index (χ1n) is 12.9. The molecule has 0 saturated heterocycles. The van der Waals surface area contributed by atoms with Crippen LogP contribution in [0.25, 0.3) is 50.0 Å². The Balaban J connectivity index is 1.40. The van der Waals surface area contributed by atoms with E-state index in [1.807, 2.05) is 30.5 Å². The lowest BCUT2D eigenvalue weighted by atomic mass is 9.99. The average molecular weight is 488 g/mol. The number of hydrogen-bond acceptors (Lipinski definition) is 2. The molecule has 7 aromatic rings. The second-order valence-electron chi connectivity index (χ2n) is 9.53. The first kappa shape index (κ1) is 22.2. The Labute approximate surface area is 221 Å². The maximum Gasteiger partial charge on any atom is 0.0889 e. The van der Waals surface area contributed by atoms with Crippen LogP contribution in [0.4, 0.5) is 0 Å². The summed E-state index contributed by atoms with van der Waals surface area (Å²) in [6.07, 6.45) is 2.54. The Morgan fingerprint density at radius 2 is 1.21 bits per heavy atom. The zero-order valence-electron chi connectivity index (χ0n) is 20.8. The van der Waals surface area contributed by atoms with Gasteiger partial charge in [-0.15, -0.1) is 0 Å². The molecule has 0 bridgehead atoms. The van der Waals surface area contributed by atoms with Gasteiger partial charge in [0, 0.05) is 34.8 Å². The van der Waals surface area contributed by atoms with Gasteiger partial charge in [-0.3, -0.25) is 9.97 Å². The van der Waals surface area contributed by atoms with E-state index in [1.54, 1.807) is 0 Å². The third-order valence-corrected chi connectivity index (χ3v) is 7.04. The Morgan fingerprint density at radius 3 is 1.95 bits per heavy atom. The molecule has 0 saturated carbocycles. The summed E-state index contributed by atoms with van der Waals surface area (Å²) in [4.78, 5) is 9.45. The SMILES string of the molecule is c1ccc(-c2cc(Cc3cccc(-c4ccccn4)n3)cc(-n3c4ccccc4c4ccccc43)c2)cc1. The summed E-state index contributed by atoms with van der Waals surface area (Å²) in [5, 5.41) is 2.53. The van der Waals surface area contributed by atoms with Crippen molar-refractivity contribution in [2.75, 3.05) is 0 Å². The van der Waals surface area contributed by atoms with E-state index >= 15 is 0 Å². The van der Waals surface area contributed by atoms with Gasteiger partial charge in [0.15, 0.2) is 0 Å². The van der Waals surface area contributed by atoms with E-state index in [0.29, 0.717) is 0 Å². The lowest BCUT2D eigenvalue weighted by molar-refractivity contribution is 1.06. The van der Waals surface area contributed by atoms with E-state index in [-0.39, 0.29) is 0 Å². The molecule has 3 heterocycles. The van der Waals surface area contributed by atoms with E-state index in [1.165, 1.54) is 38.5 Å². The quantitative estimate of drug-likeness (QED) is 0.244. The van der Waals surface area contributed by atoms with Gasteiger partial charge in [-0.2, -0.15) is 0 Å². The fourth-order valence-corrected chi connectivity index (χ4v) is 5.35. The molecular weight excluding hydrogens is 462 g/mol. The number of benzene rings is 4. The largest absolute Gasteiger partial charge is 0.309 e. The predicted octanol–water partition coefficient (Wildman–Crippen LogP) is 8.50. The molecule has 3 heteroatoms. The molecule has 0 radical (unpaired) electrons. The van der Waals surface area contributed by atoms with Gasteiger partial charge in [-0.25, -0.2) is 0 Å². The van der Waals surface area contributed by atoms with Crippen molar-refractivity contribution in [1.82, 2.24) is 14.5 Å². The lowest BCUT2D eigenvalue weighted by Gasteiger charge is -2.14. The minimum atomic E-state index is 0.728. The molecule has 0 aliphatic rings. The molecule has 0 unspecified atom stereocenters. The summed E-state index contributed by atoms with van der Waals surface area (Å²) in [5.41, 5.74) is 9.98. The highest BCUT2D eigenvalue weighted by molar-refractivity contribution is 6.09. The van der Waals surface area contributed by atoms with Crippen molar-refractivity contribution in [2.24, 2.45) is 0 Å². The molecular formula is C35H25N3. The minimum Gasteiger partial charge on any atom is -0.309 e. The number of rotatable bonds is 5. The molecule has 4 aromatic carbocycles. The van der Waals surface area contributed by atoms with Crippen LogP contribution in [0.3, 0.4) is 0 Å². The van der Waals surface area contributed by atoms with Gasteiger partial charge in [-0.05, 0) is 65.2 Å². The van der Waals surface area contributed by atoms with Gasteiger partial charge in [0.05, 0.1) is 22.4 Å². The molecule has 0 atom stereocenters. The first-order chi connectivity index (χ1) is 18.8. The van der Waals surface area contributed by atoms with Crippen LogP contribution in [0, 0.1) is 0 Å². The molecule has 0 N–H and O–H groups in total. The number of hydrogen-bond donors (Lipinski definition) is 0. The first-order valence-corrected chi connectivity index (χ1v) is 12.9. The standard InChI is InChI=1S/C35H25N3/c1-2-11-26(12-3-1)27-21-25(22-28-13-10-17-33(37-28)32-16-8-9-20-36-32)23-29(24-27)38-34-18-6-4-14-30(34)31-15-5-7-19-35(31)38/h1-21,23-24H,22H2. The summed E-state index contributed by atoms with van der Waals surface area (Å²) in [7, 11) is 0. The van der Waals surface area contributed by atoms with E-state index in [0.717, 1.165) is 29.2 Å². The van der Waals surface area contributed by atoms with Crippen LogP contribution in [0.1, 0.15) is 11.3 Å². The van der Waals surface area contributed by atoms with Crippen LogP contribution in [0.15, 0.2) is 140 Å². The Bertz CT molecular complexity index is 1830. The van der Waals surface area contributed by atoms with Gasteiger partial charge in [0.1, 0.15) is 0 Å². The molecule has 0 fully saturated rings. The molecule has 7 rings (SSSR count). The molecule has 0 amide bonds. The van der Waals surface area contributed by atoms with Crippen LogP contribution >= 0.6 is 0 Å². The number of pyridine rings is 2. The highest BCUT2D eigenvalue weighted by Gasteiger charge is 2.14. The number of nitrogens with zero attached hydrogens (tertiary/aromatic N) is 3. The topological polar surface area (TPSA) is 30.7 Å². The maximum atomic E-state index is 4.96. The van der Waals surface area contributed by atoms with E-state index in [2.05, 4.69) is 119 Å². The Morgan fingerprint density at radius 1 is 0.526 bits per heavy atom. The van der Waals surface area contributed by atoms with E-state index in [4.69, 9.17) is 4.98 Å². The fourth-order valence-electron chi connectivity index (χ4n) is 5.35. The smallest absolute Gasteiger partial charge is 0.0889 e. The van der Waals surface area contributed by atoms with Gasteiger partial charge >= 0.3 is 0 Å². The molecule has 0 aliphatic heterocycles. The van der Waals surface area contributed by atoms with Crippen LogP contribution in [-0.2, 0) is 6.42 Å². The second kappa shape index (κ2) is 9.45. The van der Waals surface area contributed by atoms with Crippen LogP contribution in [0.2, 0.25) is 0 Å². The van der Waals surface area contributed by atoms with Crippen molar-refractivity contribution in [3.63, 3.8) is 0 Å². The summed E-state index contributed by atoms with van der Waals surface area (Å²) in [6, 6.07) is 46.9. The summed E-state index contributed by atoms with van der Waals surface area (Å²) < 4.78 is 2.39. The monoisotopic (exact) mass is 487 g/mol. The Hall–Kier alpha value is -5.02. The van der Waals surface area contributed by atoms with Gasteiger partial charge in [0.2, 0.25) is 0 Å². The van der Waals surface area contributed by atoms with Crippen LogP contribution in [-0.4, -0.2) is 14.5 Å². The zero-order chi connectivity index (χ0) is 25.3.